The van der Waals surface area contributed by atoms with Gasteiger partial charge < -0.3 is 14.8 Å². The van der Waals surface area contributed by atoms with Crippen LogP contribution in [0.2, 0.25) is 15.1 Å². The molecule has 0 fully saturated rings. The molecule has 0 radical (unpaired) electrons. The molecule has 174 valence electrons. The van der Waals surface area contributed by atoms with Crippen molar-refractivity contribution in [2.75, 3.05) is 18.5 Å². The highest BCUT2D eigenvalue weighted by molar-refractivity contribution is 6.32. The smallest absolute Gasteiger partial charge is 0.262 e. The first-order valence-corrected chi connectivity index (χ1v) is 11.5. The molecule has 3 aromatic rings. The molecule has 0 saturated carbocycles. The average molecular weight is 516 g/mol. The molecule has 0 aliphatic carbocycles. The van der Waals surface area contributed by atoms with Gasteiger partial charge in [-0.3, -0.25) is 4.79 Å². The molecule has 3 rings (SSSR count). The lowest BCUT2D eigenvalue weighted by Gasteiger charge is -2.15. The summed E-state index contributed by atoms with van der Waals surface area (Å²) < 4.78 is 11.4. The number of benzene rings is 3. The zero-order valence-corrected chi connectivity index (χ0v) is 20.8. The predicted molar refractivity (Wildman–Crippen MR) is 138 cm³/mol. The molecule has 0 heterocycles. The van der Waals surface area contributed by atoms with Gasteiger partial charge in [-0.15, -0.1) is 0 Å². The molecular formula is C26H21Cl3N2O3. The number of hydrogen-bond donors (Lipinski definition) is 1. The summed E-state index contributed by atoms with van der Waals surface area (Å²) in [5, 5.41) is 13.7. The second-order valence-electron chi connectivity index (χ2n) is 7.24. The number of carbonyl (C=O) groups is 1. The zero-order valence-electron chi connectivity index (χ0n) is 18.5. The fourth-order valence-corrected chi connectivity index (χ4v) is 3.64. The van der Waals surface area contributed by atoms with Crippen molar-refractivity contribution in [3.63, 3.8) is 0 Å². The minimum Gasteiger partial charge on any atom is -0.490 e. The number of aryl methyl sites for hydroxylation is 1. The Bertz CT molecular complexity index is 1270. The van der Waals surface area contributed by atoms with E-state index >= 15 is 0 Å². The van der Waals surface area contributed by atoms with E-state index in [1.54, 1.807) is 54.6 Å². The van der Waals surface area contributed by atoms with Gasteiger partial charge in [-0.05, 0) is 73.0 Å². The van der Waals surface area contributed by atoms with Crippen LogP contribution in [0.3, 0.4) is 0 Å². The lowest BCUT2D eigenvalue weighted by Crippen LogP contribution is -2.20. The topological polar surface area (TPSA) is 71.3 Å². The average Bonchev–Trinajstić information content (AvgIpc) is 2.80. The first-order chi connectivity index (χ1) is 16.3. The molecule has 5 nitrogen and oxygen atoms in total. The van der Waals surface area contributed by atoms with E-state index in [9.17, 15) is 10.1 Å². The lowest BCUT2D eigenvalue weighted by atomic mass is 10.0. The third kappa shape index (κ3) is 6.68. The molecule has 0 unspecified atom stereocenters. The minimum absolute atomic E-state index is 0.239. The minimum atomic E-state index is -0.378. The summed E-state index contributed by atoms with van der Waals surface area (Å²) in [6.07, 6.45) is 1.69. The van der Waals surface area contributed by atoms with Crippen LogP contribution in [-0.2, 0) is 4.79 Å². The van der Waals surface area contributed by atoms with Crippen LogP contribution in [0, 0.1) is 18.3 Å². The van der Waals surface area contributed by atoms with Crippen LogP contribution in [-0.4, -0.2) is 19.1 Å². The Balaban J connectivity index is 1.80. The van der Waals surface area contributed by atoms with Gasteiger partial charge in [0, 0.05) is 15.7 Å². The molecule has 0 aliphatic rings. The molecule has 34 heavy (non-hydrogen) atoms. The standard InChI is InChI=1S/C26H21Cl3N2O3/c1-3-33-24-12-17(10-19(14-30)18-5-7-20(27)8-6-18)11-23(29)26(24)34-15-25(32)31-21-9-4-16(2)22(28)13-21/h4-13H,3,15H2,1-2H3,(H,31,32)/b19-10+. The highest BCUT2D eigenvalue weighted by Gasteiger charge is 2.15. The molecule has 0 aliphatic heterocycles. The van der Waals surface area contributed by atoms with Gasteiger partial charge in [0.25, 0.3) is 5.91 Å². The van der Waals surface area contributed by atoms with Gasteiger partial charge in [-0.25, -0.2) is 0 Å². The predicted octanol–water partition coefficient (Wildman–Crippen LogP) is 7.44. The van der Waals surface area contributed by atoms with E-state index < -0.39 is 0 Å². The summed E-state index contributed by atoms with van der Waals surface area (Å²) in [4.78, 5) is 12.4. The van der Waals surface area contributed by atoms with Gasteiger partial charge >= 0.3 is 0 Å². The maximum atomic E-state index is 12.4. The van der Waals surface area contributed by atoms with Gasteiger partial charge in [0.2, 0.25) is 0 Å². The number of halogens is 3. The van der Waals surface area contributed by atoms with Crippen molar-refractivity contribution in [2.24, 2.45) is 0 Å². The van der Waals surface area contributed by atoms with Crippen LogP contribution in [0.25, 0.3) is 11.6 Å². The summed E-state index contributed by atoms with van der Waals surface area (Å²) in [5.74, 6) is 0.223. The summed E-state index contributed by atoms with van der Waals surface area (Å²) in [7, 11) is 0. The van der Waals surface area contributed by atoms with Crippen molar-refractivity contribution in [1.82, 2.24) is 0 Å². The number of rotatable bonds is 8. The fraction of sp³-hybridized carbons (Fsp3) is 0.154. The summed E-state index contributed by atoms with van der Waals surface area (Å²) in [6, 6.07) is 17.7. The number of allylic oxidation sites excluding steroid dienone is 1. The van der Waals surface area contributed by atoms with E-state index in [-0.39, 0.29) is 23.3 Å². The Kier molecular flexibility index (Phi) is 8.84. The number of nitriles is 1. The van der Waals surface area contributed by atoms with Gasteiger partial charge in [0.15, 0.2) is 18.1 Å². The summed E-state index contributed by atoms with van der Waals surface area (Å²) in [5.41, 5.74) is 3.26. The van der Waals surface area contributed by atoms with Crippen LogP contribution in [0.15, 0.2) is 54.6 Å². The largest absolute Gasteiger partial charge is 0.490 e. The Morgan fingerprint density at radius 3 is 2.41 bits per heavy atom. The second kappa shape index (κ2) is 11.8. The van der Waals surface area contributed by atoms with Crippen LogP contribution in [0.1, 0.15) is 23.6 Å². The number of hydrogen-bond acceptors (Lipinski definition) is 4. The molecule has 0 bridgehead atoms. The zero-order chi connectivity index (χ0) is 24.7. The van der Waals surface area contributed by atoms with Gasteiger partial charge in [-0.1, -0.05) is 53.0 Å². The van der Waals surface area contributed by atoms with Crippen molar-refractivity contribution >= 4 is 58.0 Å². The molecule has 1 N–H and O–H groups in total. The number of carbonyl (C=O) groups excluding carboxylic acids is 1. The normalized spacial score (nSPS) is 11.0. The van der Waals surface area contributed by atoms with E-state index in [1.165, 1.54) is 0 Å². The third-order valence-electron chi connectivity index (χ3n) is 4.72. The fourth-order valence-electron chi connectivity index (χ4n) is 3.06. The SMILES string of the molecule is CCOc1cc(/C=C(\C#N)c2ccc(Cl)cc2)cc(Cl)c1OCC(=O)Nc1ccc(C)c(Cl)c1. The van der Waals surface area contributed by atoms with E-state index in [2.05, 4.69) is 11.4 Å². The molecule has 0 atom stereocenters. The van der Waals surface area contributed by atoms with Crippen LogP contribution in [0.4, 0.5) is 5.69 Å². The van der Waals surface area contributed by atoms with Crippen molar-refractivity contribution in [3.05, 3.63) is 86.4 Å². The molecule has 0 aromatic heterocycles. The second-order valence-corrected chi connectivity index (χ2v) is 8.49. The monoisotopic (exact) mass is 514 g/mol. The van der Waals surface area contributed by atoms with Crippen LogP contribution >= 0.6 is 34.8 Å². The third-order valence-corrected chi connectivity index (χ3v) is 5.66. The molecule has 0 spiro atoms. The van der Waals surface area contributed by atoms with E-state index in [0.717, 1.165) is 5.56 Å². The number of ether oxygens (including phenoxy) is 2. The molecule has 8 heteroatoms. The van der Waals surface area contributed by atoms with E-state index in [4.69, 9.17) is 44.3 Å². The number of amides is 1. The summed E-state index contributed by atoms with van der Waals surface area (Å²) >= 11 is 18.5. The van der Waals surface area contributed by atoms with Crippen LogP contribution < -0.4 is 14.8 Å². The van der Waals surface area contributed by atoms with Gasteiger partial charge in [0.1, 0.15) is 0 Å². The lowest BCUT2D eigenvalue weighted by molar-refractivity contribution is -0.118. The van der Waals surface area contributed by atoms with Crippen LogP contribution in [0.5, 0.6) is 11.5 Å². The number of nitrogens with zero attached hydrogens (tertiary/aromatic N) is 1. The number of nitrogens with one attached hydrogen (secondary N) is 1. The Morgan fingerprint density at radius 1 is 1.03 bits per heavy atom. The maximum Gasteiger partial charge on any atom is 0.262 e. The first kappa shape index (κ1) is 25.5. The maximum absolute atomic E-state index is 12.4. The Morgan fingerprint density at radius 2 is 1.76 bits per heavy atom. The summed E-state index contributed by atoms with van der Waals surface area (Å²) in [6.45, 7) is 3.77. The molecule has 0 saturated heterocycles. The van der Waals surface area contributed by atoms with Crippen molar-refractivity contribution in [2.45, 2.75) is 13.8 Å². The van der Waals surface area contributed by atoms with Crippen molar-refractivity contribution in [3.8, 4) is 17.6 Å². The van der Waals surface area contributed by atoms with Gasteiger partial charge in [-0.2, -0.15) is 5.26 Å². The molecule has 3 aromatic carbocycles. The quantitative estimate of drug-likeness (QED) is 0.250. The molecule has 1 amide bonds. The number of anilines is 1. The van der Waals surface area contributed by atoms with E-state index in [1.807, 2.05) is 19.9 Å². The highest BCUT2D eigenvalue weighted by Crippen LogP contribution is 2.38. The van der Waals surface area contributed by atoms with Crippen molar-refractivity contribution in [1.29, 1.82) is 5.26 Å². The Labute approximate surface area is 213 Å². The van der Waals surface area contributed by atoms with E-state index in [0.29, 0.717) is 44.8 Å². The Hall–Kier alpha value is -3.17. The van der Waals surface area contributed by atoms with Gasteiger partial charge in [0.05, 0.1) is 23.3 Å². The molecular weight excluding hydrogens is 495 g/mol. The first-order valence-electron chi connectivity index (χ1n) is 10.3. The highest BCUT2D eigenvalue weighted by atomic mass is 35.5. The van der Waals surface area contributed by atoms with Crippen molar-refractivity contribution < 1.29 is 14.3 Å².